The van der Waals surface area contributed by atoms with Gasteiger partial charge in [0, 0.05) is 12.1 Å². The number of thiophene rings is 1. The summed E-state index contributed by atoms with van der Waals surface area (Å²) in [7, 11) is 0. The molecular formula is C19H14FNO2S. The molecule has 0 aliphatic rings. The van der Waals surface area contributed by atoms with E-state index in [4.69, 9.17) is 0 Å². The molecule has 1 amide bonds. The number of amides is 1. The number of ketones is 1. The minimum absolute atomic E-state index is 0.169. The van der Waals surface area contributed by atoms with Gasteiger partial charge in [-0.25, -0.2) is 4.39 Å². The van der Waals surface area contributed by atoms with Crippen LogP contribution in [-0.4, -0.2) is 11.7 Å². The van der Waals surface area contributed by atoms with Crippen LogP contribution >= 0.6 is 11.3 Å². The Morgan fingerprint density at radius 2 is 1.62 bits per heavy atom. The Kier molecular flexibility index (Phi) is 4.82. The Balaban J connectivity index is 1.77. The summed E-state index contributed by atoms with van der Waals surface area (Å²) in [5, 5.41) is 4.59. The maximum atomic E-state index is 12.9. The third-order valence-corrected chi connectivity index (χ3v) is 4.40. The van der Waals surface area contributed by atoms with Crippen LogP contribution in [0.25, 0.3) is 0 Å². The van der Waals surface area contributed by atoms with Crippen molar-refractivity contribution < 1.29 is 14.0 Å². The lowest BCUT2D eigenvalue weighted by Crippen LogP contribution is -2.25. The zero-order chi connectivity index (χ0) is 16.9. The van der Waals surface area contributed by atoms with E-state index in [1.165, 1.54) is 23.5 Å². The van der Waals surface area contributed by atoms with Crippen LogP contribution in [-0.2, 0) is 6.54 Å². The SMILES string of the molecule is O=C(NCc1ccc(F)cc1)c1ccccc1C(=O)c1cccs1. The van der Waals surface area contributed by atoms with Gasteiger partial charge in [-0.15, -0.1) is 11.3 Å². The normalized spacial score (nSPS) is 10.4. The van der Waals surface area contributed by atoms with Crippen molar-refractivity contribution in [3.05, 3.63) is 93.4 Å². The summed E-state index contributed by atoms with van der Waals surface area (Å²) in [4.78, 5) is 25.6. The first-order valence-electron chi connectivity index (χ1n) is 7.35. The summed E-state index contributed by atoms with van der Waals surface area (Å²) in [5.41, 5.74) is 1.49. The van der Waals surface area contributed by atoms with E-state index in [9.17, 15) is 14.0 Å². The van der Waals surface area contributed by atoms with Gasteiger partial charge in [0.25, 0.3) is 5.91 Å². The molecule has 0 aliphatic heterocycles. The Morgan fingerprint density at radius 3 is 2.29 bits per heavy atom. The minimum Gasteiger partial charge on any atom is -0.348 e. The second-order valence-electron chi connectivity index (χ2n) is 5.16. The van der Waals surface area contributed by atoms with Gasteiger partial charge in [-0.1, -0.05) is 36.4 Å². The summed E-state index contributed by atoms with van der Waals surface area (Å²) in [5.74, 6) is -0.825. The summed E-state index contributed by atoms with van der Waals surface area (Å²) in [6.45, 7) is 0.265. The average molecular weight is 339 g/mol. The smallest absolute Gasteiger partial charge is 0.252 e. The van der Waals surface area contributed by atoms with E-state index < -0.39 is 0 Å². The largest absolute Gasteiger partial charge is 0.348 e. The summed E-state index contributed by atoms with van der Waals surface area (Å²) < 4.78 is 12.9. The van der Waals surface area contributed by atoms with E-state index in [2.05, 4.69) is 5.32 Å². The highest BCUT2D eigenvalue weighted by atomic mass is 32.1. The maximum absolute atomic E-state index is 12.9. The van der Waals surface area contributed by atoms with Crippen LogP contribution in [0.15, 0.2) is 66.0 Å². The fourth-order valence-electron chi connectivity index (χ4n) is 2.30. The fraction of sp³-hybridized carbons (Fsp3) is 0.0526. The van der Waals surface area contributed by atoms with Crippen molar-refractivity contribution >= 4 is 23.0 Å². The molecule has 1 N–H and O–H groups in total. The summed E-state index contributed by atoms with van der Waals surface area (Å²) in [6, 6.07) is 16.2. The van der Waals surface area contributed by atoms with E-state index >= 15 is 0 Å². The lowest BCUT2D eigenvalue weighted by atomic mass is 10.0. The Bertz CT molecular complexity index is 857. The molecule has 2 aromatic carbocycles. The fourth-order valence-corrected chi connectivity index (χ4v) is 2.98. The molecule has 120 valence electrons. The zero-order valence-corrected chi connectivity index (χ0v) is 13.5. The number of rotatable bonds is 5. The molecule has 1 heterocycles. The van der Waals surface area contributed by atoms with Crippen molar-refractivity contribution in [3.8, 4) is 0 Å². The highest BCUT2D eigenvalue weighted by molar-refractivity contribution is 7.12. The molecule has 1 aromatic heterocycles. The first-order chi connectivity index (χ1) is 11.6. The molecule has 5 heteroatoms. The van der Waals surface area contributed by atoms with Crippen molar-refractivity contribution in [2.24, 2.45) is 0 Å². The van der Waals surface area contributed by atoms with Gasteiger partial charge in [-0.3, -0.25) is 9.59 Å². The quantitative estimate of drug-likeness (QED) is 0.713. The Hall–Kier alpha value is -2.79. The first-order valence-corrected chi connectivity index (χ1v) is 8.23. The number of benzene rings is 2. The number of hydrogen-bond acceptors (Lipinski definition) is 3. The van der Waals surface area contributed by atoms with Crippen LogP contribution in [0.3, 0.4) is 0 Å². The second-order valence-corrected chi connectivity index (χ2v) is 6.11. The van der Waals surface area contributed by atoms with Crippen LogP contribution in [0.4, 0.5) is 4.39 Å². The van der Waals surface area contributed by atoms with E-state index in [1.54, 1.807) is 48.5 Å². The van der Waals surface area contributed by atoms with Gasteiger partial charge in [0.2, 0.25) is 5.78 Å². The van der Waals surface area contributed by atoms with Crippen molar-refractivity contribution in [2.75, 3.05) is 0 Å². The molecule has 0 saturated carbocycles. The summed E-state index contributed by atoms with van der Waals surface area (Å²) in [6.07, 6.45) is 0. The van der Waals surface area contributed by atoms with E-state index in [0.29, 0.717) is 16.0 Å². The van der Waals surface area contributed by atoms with Gasteiger partial charge in [0.1, 0.15) is 5.82 Å². The second kappa shape index (κ2) is 7.19. The predicted octanol–water partition coefficient (Wildman–Crippen LogP) is 4.05. The lowest BCUT2D eigenvalue weighted by molar-refractivity contribution is 0.0940. The van der Waals surface area contributed by atoms with Crippen molar-refractivity contribution in [2.45, 2.75) is 6.54 Å². The molecule has 3 aromatic rings. The molecule has 0 aliphatic carbocycles. The highest BCUT2D eigenvalue weighted by Gasteiger charge is 2.18. The van der Waals surface area contributed by atoms with Crippen LogP contribution in [0.2, 0.25) is 0 Å². The van der Waals surface area contributed by atoms with Crippen molar-refractivity contribution in [1.29, 1.82) is 0 Å². The summed E-state index contributed by atoms with van der Waals surface area (Å²) >= 11 is 1.34. The molecule has 0 fully saturated rings. The predicted molar refractivity (Wildman–Crippen MR) is 91.8 cm³/mol. The molecule has 0 saturated heterocycles. The molecule has 3 rings (SSSR count). The monoisotopic (exact) mass is 339 g/mol. The standard InChI is InChI=1S/C19H14FNO2S/c20-14-9-7-13(8-10-14)12-21-19(23)16-5-2-1-4-15(16)18(22)17-6-3-11-24-17/h1-11H,12H2,(H,21,23). The van der Waals surface area contributed by atoms with Gasteiger partial charge >= 0.3 is 0 Å². The highest BCUT2D eigenvalue weighted by Crippen LogP contribution is 2.18. The van der Waals surface area contributed by atoms with E-state index in [-0.39, 0.29) is 24.1 Å². The van der Waals surface area contributed by atoms with Gasteiger partial charge < -0.3 is 5.32 Å². The number of nitrogens with one attached hydrogen (secondary N) is 1. The van der Waals surface area contributed by atoms with Crippen LogP contribution < -0.4 is 5.32 Å². The third kappa shape index (κ3) is 3.58. The average Bonchev–Trinajstić information content (AvgIpc) is 3.15. The van der Waals surface area contributed by atoms with Crippen LogP contribution in [0.5, 0.6) is 0 Å². The number of carbonyl (C=O) groups is 2. The van der Waals surface area contributed by atoms with Crippen molar-refractivity contribution in [3.63, 3.8) is 0 Å². The molecule has 3 nitrogen and oxygen atoms in total. The minimum atomic E-state index is -0.333. The van der Waals surface area contributed by atoms with Gasteiger partial charge in [-0.2, -0.15) is 0 Å². The molecule has 24 heavy (non-hydrogen) atoms. The third-order valence-electron chi connectivity index (χ3n) is 3.53. The topological polar surface area (TPSA) is 46.2 Å². The van der Waals surface area contributed by atoms with Crippen LogP contribution in [0, 0.1) is 5.82 Å². The molecule has 0 bridgehead atoms. The maximum Gasteiger partial charge on any atom is 0.252 e. The molecule has 0 unspecified atom stereocenters. The molecule has 0 radical (unpaired) electrons. The number of hydrogen-bond donors (Lipinski definition) is 1. The van der Waals surface area contributed by atoms with Crippen molar-refractivity contribution in [1.82, 2.24) is 5.32 Å². The lowest BCUT2D eigenvalue weighted by Gasteiger charge is -2.09. The molecule has 0 atom stereocenters. The molecule has 0 spiro atoms. The number of halogens is 1. The van der Waals surface area contributed by atoms with Gasteiger partial charge in [0.05, 0.1) is 10.4 Å². The van der Waals surface area contributed by atoms with Crippen LogP contribution in [0.1, 0.15) is 31.2 Å². The Labute approximate surface area is 142 Å². The Morgan fingerprint density at radius 1 is 0.917 bits per heavy atom. The van der Waals surface area contributed by atoms with E-state index in [0.717, 1.165) is 5.56 Å². The molecular weight excluding hydrogens is 325 g/mol. The first kappa shape index (κ1) is 16.1. The van der Waals surface area contributed by atoms with Gasteiger partial charge in [0.15, 0.2) is 0 Å². The van der Waals surface area contributed by atoms with E-state index in [1.807, 2.05) is 5.38 Å². The number of carbonyl (C=O) groups excluding carboxylic acids is 2. The zero-order valence-electron chi connectivity index (χ0n) is 12.7. The van der Waals surface area contributed by atoms with Gasteiger partial charge in [-0.05, 0) is 35.2 Å².